The van der Waals surface area contributed by atoms with Crippen molar-refractivity contribution in [3.05, 3.63) is 125 Å². The summed E-state index contributed by atoms with van der Waals surface area (Å²) in [5, 5.41) is 9.31. The van der Waals surface area contributed by atoms with Crippen LogP contribution in [0.2, 0.25) is 5.02 Å². The minimum absolute atomic E-state index is 0.113. The van der Waals surface area contributed by atoms with Gasteiger partial charge in [-0.05, 0) is 47.9 Å². The Morgan fingerprint density at radius 2 is 1.82 bits per heavy atom. The van der Waals surface area contributed by atoms with Gasteiger partial charge in [0.05, 0.1) is 5.57 Å². The van der Waals surface area contributed by atoms with Crippen molar-refractivity contribution in [1.29, 1.82) is 0 Å². The molecule has 0 spiro atoms. The van der Waals surface area contributed by atoms with Gasteiger partial charge in [-0.25, -0.2) is 9.48 Å². The standard InChI is InChI=1S/C30H27ClN4O3S/c1-3-17-37-28(36)26-20(2)32-29-33-30(39-19-22-7-5-4-6-8-22)34-35(29)27(26)23-11-15-25(16-12-23)38-18-21-9-13-24(31)14-10-21/h3-16,27H,1,17-19H2,2H3,(H,32,33,34). The van der Waals surface area contributed by atoms with Gasteiger partial charge in [0.1, 0.15) is 25.0 Å². The van der Waals surface area contributed by atoms with Gasteiger partial charge >= 0.3 is 5.97 Å². The molecule has 0 radical (unpaired) electrons. The van der Waals surface area contributed by atoms with Gasteiger partial charge in [-0.1, -0.05) is 90.6 Å². The molecule has 4 aromatic rings. The predicted octanol–water partition coefficient (Wildman–Crippen LogP) is 6.82. The zero-order valence-corrected chi connectivity index (χ0v) is 22.9. The molecule has 0 bridgehead atoms. The maximum absolute atomic E-state index is 13.2. The van der Waals surface area contributed by atoms with E-state index in [0.29, 0.717) is 39.8 Å². The average Bonchev–Trinajstić information content (AvgIpc) is 3.37. The van der Waals surface area contributed by atoms with Crippen LogP contribution in [0.3, 0.4) is 0 Å². The van der Waals surface area contributed by atoms with Crippen molar-refractivity contribution in [2.75, 3.05) is 11.9 Å². The molecule has 0 saturated carbocycles. The first kappa shape index (κ1) is 26.6. The molecule has 198 valence electrons. The van der Waals surface area contributed by atoms with E-state index in [1.54, 1.807) is 10.8 Å². The molecule has 0 saturated heterocycles. The summed E-state index contributed by atoms with van der Waals surface area (Å²) in [6.45, 7) is 6.02. The van der Waals surface area contributed by atoms with E-state index < -0.39 is 12.0 Å². The number of benzene rings is 3. The molecule has 1 aliphatic heterocycles. The Morgan fingerprint density at radius 3 is 2.54 bits per heavy atom. The van der Waals surface area contributed by atoms with Crippen LogP contribution in [0.15, 0.2) is 108 Å². The molecule has 5 rings (SSSR count). The van der Waals surface area contributed by atoms with E-state index in [-0.39, 0.29) is 6.61 Å². The van der Waals surface area contributed by atoms with E-state index in [4.69, 9.17) is 31.2 Å². The molecule has 1 unspecified atom stereocenters. The number of nitrogens with one attached hydrogen (secondary N) is 1. The van der Waals surface area contributed by atoms with Crippen LogP contribution in [0.25, 0.3) is 0 Å². The number of fused-ring (bicyclic) bond motifs is 1. The number of carbonyl (C=O) groups is 1. The van der Waals surface area contributed by atoms with Crippen molar-refractivity contribution in [3.63, 3.8) is 0 Å². The number of nitrogens with zero attached hydrogens (tertiary/aromatic N) is 3. The summed E-state index contributed by atoms with van der Waals surface area (Å²) in [7, 11) is 0. The van der Waals surface area contributed by atoms with Crippen LogP contribution in [0.1, 0.15) is 29.7 Å². The second-order valence-electron chi connectivity index (χ2n) is 8.87. The molecule has 1 aromatic heterocycles. The van der Waals surface area contributed by atoms with Crippen molar-refractivity contribution >= 4 is 35.3 Å². The van der Waals surface area contributed by atoms with Gasteiger partial charge < -0.3 is 14.8 Å². The van der Waals surface area contributed by atoms with Crippen molar-refractivity contribution in [2.45, 2.75) is 30.5 Å². The van der Waals surface area contributed by atoms with Crippen LogP contribution >= 0.6 is 23.4 Å². The number of anilines is 1. The summed E-state index contributed by atoms with van der Waals surface area (Å²) in [5.74, 6) is 1.57. The van der Waals surface area contributed by atoms with Crippen LogP contribution in [-0.4, -0.2) is 27.3 Å². The van der Waals surface area contributed by atoms with Crippen LogP contribution in [0.4, 0.5) is 5.95 Å². The van der Waals surface area contributed by atoms with Gasteiger partial charge in [0.2, 0.25) is 11.1 Å². The molecule has 0 aliphatic carbocycles. The van der Waals surface area contributed by atoms with Crippen molar-refractivity contribution in [3.8, 4) is 5.75 Å². The zero-order chi connectivity index (χ0) is 27.2. The van der Waals surface area contributed by atoms with Crippen LogP contribution in [0, 0.1) is 0 Å². The number of thioether (sulfide) groups is 1. The Labute approximate surface area is 236 Å². The summed E-state index contributed by atoms with van der Waals surface area (Å²) < 4.78 is 13.2. The first-order valence-electron chi connectivity index (χ1n) is 12.4. The molecule has 9 heteroatoms. The highest BCUT2D eigenvalue weighted by atomic mass is 35.5. The first-order valence-corrected chi connectivity index (χ1v) is 13.7. The quantitative estimate of drug-likeness (QED) is 0.130. The lowest BCUT2D eigenvalue weighted by molar-refractivity contribution is -0.138. The number of esters is 1. The monoisotopic (exact) mass is 558 g/mol. The second kappa shape index (κ2) is 12.2. The number of halogens is 1. The molecule has 1 aliphatic rings. The third-order valence-corrected chi connectivity index (χ3v) is 7.27. The molecule has 0 amide bonds. The number of carbonyl (C=O) groups excluding carboxylic acids is 1. The molecule has 39 heavy (non-hydrogen) atoms. The molecule has 3 aromatic carbocycles. The Hall–Kier alpha value is -4.01. The largest absolute Gasteiger partial charge is 0.489 e. The zero-order valence-electron chi connectivity index (χ0n) is 21.3. The molecule has 1 atom stereocenters. The Morgan fingerprint density at radius 1 is 1.08 bits per heavy atom. The maximum atomic E-state index is 13.2. The van der Waals surface area contributed by atoms with Gasteiger partial charge in [0, 0.05) is 16.5 Å². The van der Waals surface area contributed by atoms with Gasteiger partial charge in [-0.15, -0.1) is 5.10 Å². The first-order chi connectivity index (χ1) is 19.0. The van der Waals surface area contributed by atoms with E-state index in [1.165, 1.54) is 17.3 Å². The smallest absolute Gasteiger partial charge is 0.338 e. The van der Waals surface area contributed by atoms with E-state index in [1.807, 2.05) is 73.7 Å². The molecular weight excluding hydrogens is 532 g/mol. The normalized spacial score (nSPS) is 14.4. The van der Waals surface area contributed by atoms with Gasteiger partial charge in [-0.3, -0.25) is 0 Å². The minimum Gasteiger partial charge on any atom is -0.489 e. The van der Waals surface area contributed by atoms with E-state index in [2.05, 4.69) is 24.0 Å². The van der Waals surface area contributed by atoms with E-state index in [9.17, 15) is 4.79 Å². The average molecular weight is 559 g/mol. The summed E-state index contributed by atoms with van der Waals surface area (Å²) in [4.78, 5) is 17.9. The highest BCUT2D eigenvalue weighted by Gasteiger charge is 2.35. The Bertz CT molecular complexity index is 1490. The van der Waals surface area contributed by atoms with Gasteiger partial charge in [-0.2, -0.15) is 4.98 Å². The molecule has 1 N–H and O–H groups in total. The van der Waals surface area contributed by atoms with Gasteiger partial charge in [0.15, 0.2) is 0 Å². The third-order valence-electron chi connectivity index (χ3n) is 6.11. The summed E-state index contributed by atoms with van der Waals surface area (Å²) in [6, 6.07) is 24.8. The van der Waals surface area contributed by atoms with Crippen molar-refractivity contribution < 1.29 is 14.3 Å². The summed E-state index contributed by atoms with van der Waals surface area (Å²) in [5.41, 5.74) is 4.17. The Balaban J connectivity index is 1.41. The lowest BCUT2D eigenvalue weighted by atomic mass is 9.96. The fourth-order valence-corrected chi connectivity index (χ4v) is 5.10. The minimum atomic E-state index is -0.526. The highest BCUT2D eigenvalue weighted by Crippen LogP contribution is 2.37. The SMILES string of the molecule is C=CCOC(=O)C1=C(C)Nc2nc(SCc3ccccc3)nn2C1c1ccc(OCc2ccc(Cl)cc2)cc1. The fraction of sp³-hybridized carbons (Fsp3) is 0.167. The number of hydrogen-bond donors (Lipinski definition) is 1. The topological polar surface area (TPSA) is 78.3 Å². The van der Waals surface area contributed by atoms with E-state index >= 15 is 0 Å². The predicted molar refractivity (Wildman–Crippen MR) is 154 cm³/mol. The van der Waals surface area contributed by atoms with Crippen LogP contribution < -0.4 is 10.1 Å². The second-order valence-corrected chi connectivity index (χ2v) is 10.3. The number of aromatic nitrogens is 3. The maximum Gasteiger partial charge on any atom is 0.338 e. The lowest BCUT2D eigenvalue weighted by Crippen LogP contribution is -2.29. The van der Waals surface area contributed by atoms with Crippen molar-refractivity contribution in [1.82, 2.24) is 14.8 Å². The van der Waals surface area contributed by atoms with Crippen LogP contribution in [-0.2, 0) is 21.9 Å². The summed E-state index contributed by atoms with van der Waals surface area (Å²) in [6.07, 6.45) is 1.55. The van der Waals surface area contributed by atoms with E-state index in [0.717, 1.165) is 16.9 Å². The van der Waals surface area contributed by atoms with Gasteiger partial charge in [0.25, 0.3) is 0 Å². The third kappa shape index (κ3) is 6.35. The highest BCUT2D eigenvalue weighted by molar-refractivity contribution is 7.98. The number of ether oxygens (including phenoxy) is 2. The lowest BCUT2D eigenvalue weighted by Gasteiger charge is -2.28. The fourth-order valence-electron chi connectivity index (χ4n) is 4.19. The molecule has 7 nitrogen and oxygen atoms in total. The Kier molecular flexibility index (Phi) is 8.34. The van der Waals surface area contributed by atoms with Crippen LogP contribution in [0.5, 0.6) is 5.75 Å². The molecular formula is C30H27ClN4O3S. The summed E-state index contributed by atoms with van der Waals surface area (Å²) >= 11 is 7.51. The number of hydrogen-bond acceptors (Lipinski definition) is 7. The van der Waals surface area contributed by atoms with Crippen molar-refractivity contribution in [2.24, 2.45) is 0 Å². The number of allylic oxidation sites excluding steroid dienone is 1. The molecule has 2 heterocycles. The molecule has 0 fully saturated rings. The number of rotatable bonds is 10.